The topological polar surface area (TPSA) is 41.5 Å². The molecule has 0 aromatic heterocycles. The summed E-state index contributed by atoms with van der Waals surface area (Å²) < 4.78 is 0. The van der Waals surface area contributed by atoms with Crippen LogP contribution in [0.5, 0.6) is 0 Å². The molecule has 100 valence electrons. The van der Waals surface area contributed by atoms with Crippen molar-refractivity contribution in [3.8, 4) is 0 Å². The highest BCUT2D eigenvalue weighted by atomic mass is 35.5. The van der Waals surface area contributed by atoms with Gasteiger partial charge in [-0.1, -0.05) is 35.3 Å². The molecule has 0 unspecified atom stereocenters. The third-order valence-electron chi connectivity index (χ3n) is 3.01. The Labute approximate surface area is 126 Å². The minimum atomic E-state index is -0.141. The molecule has 0 spiro atoms. The van der Waals surface area contributed by atoms with Gasteiger partial charge in [0.05, 0.1) is 11.4 Å². The number of aliphatic imine (C=N–C) groups is 1. The molecule has 0 atom stereocenters. The summed E-state index contributed by atoms with van der Waals surface area (Å²) >= 11 is 12.0. The van der Waals surface area contributed by atoms with Gasteiger partial charge < -0.3 is 5.32 Å². The first kappa shape index (κ1) is 13.2. The van der Waals surface area contributed by atoms with Crippen molar-refractivity contribution in [3.05, 3.63) is 63.6 Å². The van der Waals surface area contributed by atoms with Crippen LogP contribution in [0.4, 0.5) is 5.69 Å². The van der Waals surface area contributed by atoms with E-state index in [9.17, 15) is 4.79 Å². The van der Waals surface area contributed by atoms with Gasteiger partial charge >= 0.3 is 0 Å². The summed E-state index contributed by atoms with van der Waals surface area (Å²) in [5.74, 6) is -0.141. The van der Waals surface area contributed by atoms with E-state index in [-0.39, 0.29) is 12.5 Å². The Morgan fingerprint density at radius 2 is 1.70 bits per heavy atom. The van der Waals surface area contributed by atoms with Crippen LogP contribution >= 0.6 is 23.2 Å². The number of carbonyl (C=O) groups excluding carboxylic acids is 1. The number of rotatable bonds is 1. The van der Waals surface area contributed by atoms with Crippen molar-refractivity contribution in [2.45, 2.75) is 0 Å². The van der Waals surface area contributed by atoms with Crippen LogP contribution in [0.15, 0.2) is 47.5 Å². The number of fused-ring (bicyclic) bond motifs is 1. The Balaban J connectivity index is 2.17. The molecule has 5 heteroatoms. The number of hydrogen-bond donors (Lipinski definition) is 1. The largest absolute Gasteiger partial charge is 0.324 e. The Hall–Kier alpha value is -1.84. The van der Waals surface area contributed by atoms with Crippen molar-refractivity contribution >= 4 is 40.5 Å². The lowest BCUT2D eigenvalue weighted by Gasteiger charge is -2.10. The number of nitrogens with zero attached hydrogens (tertiary/aromatic N) is 1. The fourth-order valence-corrected chi connectivity index (χ4v) is 2.40. The molecule has 2 aromatic rings. The van der Waals surface area contributed by atoms with Crippen molar-refractivity contribution in [2.24, 2.45) is 4.99 Å². The maximum atomic E-state index is 11.7. The van der Waals surface area contributed by atoms with Gasteiger partial charge in [0, 0.05) is 21.2 Å². The van der Waals surface area contributed by atoms with Gasteiger partial charge in [0.1, 0.15) is 6.54 Å². The molecule has 0 saturated carbocycles. The second-order valence-electron chi connectivity index (χ2n) is 4.41. The average molecular weight is 305 g/mol. The number of anilines is 1. The van der Waals surface area contributed by atoms with Crippen LogP contribution in [0.3, 0.4) is 0 Å². The van der Waals surface area contributed by atoms with Crippen LogP contribution in [-0.4, -0.2) is 18.2 Å². The van der Waals surface area contributed by atoms with Gasteiger partial charge in [0.15, 0.2) is 0 Å². The van der Waals surface area contributed by atoms with Crippen LogP contribution in [-0.2, 0) is 4.79 Å². The van der Waals surface area contributed by atoms with Crippen molar-refractivity contribution in [3.63, 3.8) is 0 Å². The fraction of sp³-hybridized carbons (Fsp3) is 0.0667. The van der Waals surface area contributed by atoms with Gasteiger partial charge in [0.2, 0.25) is 5.91 Å². The van der Waals surface area contributed by atoms with Gasteiger partial charge in [-0.05, 0) is 30.3 Å². The van der Waals surface area contributed by atoms with E-state index in [0.717, 1.165) is 16.8 Å². The zero-order chi connectivity index (χ0) is 14.1. The van der Waals surface area contributed by atoms with E-state index < -0.39 is 0 Å². The van der Waals surface area contributed by atoms with E-state index in [4.69, 9.17) is 23.2 Å². The molecule has 0 fully saturated rings. The van der Waals surface area contributed by atoms with Gasteiger partial charge in [0.25, 0.3) is 0 Å². The SMILES string of the molecule is O=C1CN=C(c2ccc(Cl)cc2)c2cc(Cl)ccc2N1. The van der Waals surface area contributed by atoms with Gasteiger partial charge in [-0.2, -0.15) is 0 Å². The molecular weight excluding hydrogens is 295 g/mol. The first-order valence-corrected chi connectivity index (χ1v) is 6.79. The lowest BCUT2D eigenvalue weighted by Crippen LogP contribution is -2.13. The third-order valence-corrected chi connectivity index (χ3v) is 3.50. The number of halogens is 2. The molecule has 3 rings (SSSR count). The lowest BCUT2D eigenvalue weighted by atomic mass is 10.0. The molecule has 0 bridgehead atoms. The first-order valence-electron chi connectivity index (χ1n) is 6.03. The third kappa shape index (κ3) is 2.55. The number of carbonyl (C=O) groups is 1. The van der Waals surface area contributed by atoms with Gasteiger partial charge in [-0.3, -0.25) is 9.79 Å². The zero-order valence-corrected chi connectivity index (χ0v) is 11.9. The van der Waals surface area contributed by atoms with Crippen LogP contribution in [0.1, 0.15) is 11.1 Å². The predicted octanol–water partition coefficient (Wildman–Crippen LogP) is 3.78. The first-order chi connectivity index (χ1) is 9.63. The van der Waals surface area contributed by atoms with E-state index in [1.807, 2.05) is 12.1 Å². The molecule has 0 aliphatic carbocycles. The van der Waals surface area contributed by atoms with Crippen molar-refractivity contribution in [2.75, 3.05) is 11.9 Å². The van der Waals surface area contributed by atoms with Crippen molar-refractivity contribution in [1.29, 1.82) is 0 Å². The summed E-state index contributed by atoms with van der Waals surface area (Å²) in [7, 11) is 0. The maximum Gasteiger partial charge on any atom is 0.246 e. The minimum Gasteiger partial charge on any atom is -0.324 e. The predicted molar refractivity (Wildman–Crippen MR) is 82.0 cm³/mol. The van der Waals surface area contributed by atoms with Crippen molar-refractivity contribution in [1.82, 2.24) is 0 Å². The number of amides is 1. The van der Waals surface area contributed by atoms with E-state index >= 15 is 0 Å². The van der Waals surface area contributed by atoms with E-state index in [1.54, 1.807) is 30.3 Å². The number of benzodiazepines with no additional fused rings is 1. The number of nitrogens with one attached hydrogen (secondary N) is 1. The van der Waals surface area contributed by atoms with E-state index in [0.29, 0.717) is 15.7 Å². The highest BCUT2D eigenvalue weighted by molar-refractivity contribution is 6.32. The molecule has 1 aliphatic rings. The fourth-order valence-electron chi connectivity index (χ4n) is 2.10. The average Bonchev–Trinajstić information content (AvgIpc) is 2.58. The van der Waals surface area contributed by atoms with Crippen LogP contribution < -0.4 is 5.32 Å². The monoisotopic (exact) mass is 304 g/mol. The highest BCUT2D eigenvalue weighted by Gasteiger charge is 2.18. The second-order valence-corrected chi connectivity index (χ2v) is 5.28. The molecule has 1 N–H and O–H groups in total. The summed E-state index contributed by atoms with van der Waals surface area (Å²) in [4.78, 5) is 16.1. The molecule has 1 amide bonds. The van der Waals surface area contributed by atoms with Gasteiger partial charge in [-0.15, -0.1) is 0 Å². The number of benzene rings is 2. The molecule has 2 aromatic carbocycles. The summed E-state index contributed by atoms with van der Waals surface area (Å²) in [6, 6.07) is 12.7. The van der Waals surface area contributed by atoms with E-state index in [2.05, 4.69) is 10.3 Å². The van der Waals surface area contributed by atoms with E-state index in [1.165, 1.54) is 0 Å². The van der Waals surface area contributed by atoms with Crippen LogP contribution in [0.25, 0.3) is 0 Å². The zero-order valence-electron chi connectivity index (χ0n) is 10.4. The smallest absolute Gasteiger partial charge is 0.246 e. The molecule has 0 saturated heterocycles. The molecular formula is C15H10Cl2N2O. The summed E-state index contributed by atoms with van der Waals surface area (Å²) in [5.41, 5.74) is 3.16. The molecule has 20 heavy (non-hydrogen) atoms. The van der Waals surface area contributed by atoms with Crippen molar-refractivity contribution < 1.29 is 4.79 Å². The Kier molecular flexibility index (Phi) is 3.47. The quantitative estimate of drug-likeness (QED) is 0.856. The van der Waals surface area contributed by atoms with Crippen LogP contribution in [0, 0.1) is 0 Å². The highest BCUT2D eigenvalue weighted by Crippen LogP contribution is 2.26. The maximum absolute atomic E-state index is 11.7. The summed E-state index contributed by atoms with van der Waals surface area (Å²) in [5, 5.41) is 4.08. The summed E-state index contributed by atoms with van der Waals surface area (Å²) in [6.07, 6.45) is 0. The number of hydrogen-bond acceptors (Lipinski definition) is 2. The minimum absolute atomic E-state index is 0.0876. The molecule has 0 radical (unpaired) electrons. The molecule has 1 aliphatic heterocycles. The molecule has 3 nitrogen and oxygen atoms in total. The summed E-state index contributed by atoms with van der Waals surface area (Å²) in [6.45, 7) is 0.0876. The van der Waals surface area contributed by atoms with Gasteiger partial charge in [-0.25, -0.2) is 0 Å². The Bertz CT molecular complexity index is 708. The molecule has 1 heterocycles. The lowest BCUT2D eigenvalue weighted by molar-refractivity contribution is -0.114. The normalized spacial score (nSPS) is 14.1. The Morgan fingerprint density at radius 3 is 2.45 bits per heavy atom. The van der Waals surface area contributed by atoms with Crippen LogP contribution in [0.2, 0.25) is 10.0 Å². The Morgan fingerprint density at radius 1 is 1.00 bits per heavy atom. The second kappa shape index (κ2) is 5.27. The standard InChI is InChI=1S/C15H10Cl2N2O/c16-10-3-1-9(2-4-10)15-12-7-11(17)5-6-13(12)19-14(20)8-18-15/h1-7H,8H2,(H,19,20).